The van der Waals surface area contributed by atoms with Gasteiger partial charge in [0.15, 0.2) is 5.78 Å². The molecule has 0 aromatic heterocycles. The van der Waals surface area contributed by atoms with Gasteiger partial charge in [-0.3, -0.25) is 4.79 Å². The molecule has 2 rings (SSSR count). The van der Waals surface area contributed by atoms with E-state index in [1.165, 1.54) is 11.1 Å². The molecule has 4 nitrogen and oxygen atoms in total. The summed E-state index contributed by atoms with van der Waals surface area (Å²) in [6, 6.07) is 3.06. The summed E-state index contributed by atoms with van der Waals surface area (Å²) in [5.74, 6) is 0.0711. The van der Waals surface area contributed by atoms with E-state index in [0.717, 1.165) is 37.7 Å². The van der Waals surface area contributed by atoms with Gasteiger partial charge in [0.1, 0.15) is 12.4 Å². The minimum absolute atomic E-state index is 0.312. The first kappa shape index (κ1) is 14.0. The first-order chi connectivity index (χ1) is 9.13. The van der Waals surface area contributed by atoms with Crippen LogP contribution >= 0.6 is 0 Å². The van der Waals surface area contributed by atoms with Crippen LogP contribution in [0.3, 0.4) is 0 Å². The smallest absolute Gasteiger partial charge is 0.174 e. The topological polar surface area (TPSA) is 83.5 Å². The highest BCUT2D eigenvalue weighted by atomic mass is 16.3. The fourth-order valence-corrected chi connectivity index (χ4v) is 2.75. The van der Waals surface area contributed by atoms with E-state index < -0.39 is 12.6 Å². The zero-order valence-corrected chi connectivity index (χ0v) is 11.1. The van der Waals surface area contributed by atoms with E-state index in [-0.39, 0.29) is 5.78 Å². The molecule has 4 heteroatoms. The Morgan fingerprint density at radius 1 is 1.26 bits per heavy atom. The predicted molar refractivity (Wildman–Crippen MR) is 73.1 cm³/mol. The highest BCUT2D eigenvalue weighted by Crippen LogP contribution is 2.32. The maximum atomic E-state index is 11.3. The van der Waals surface area contributed by atoms with Crippen molar-refractivity contribution in [1.29, 1.82) is 0 Å². The van der Waals surface area contributed by atoms with Crippen molar-refractivity contribution in [2.75, 3.05) is 6.61 Å². The summed E-state index contributed by atoms with van der Waals surface area (Å²) in [4.78, 5) is 11.3. The lowest BCUT2D eigenvalue weighted by molar-refractivity contribution is -0.123. The number of hydrogen-bond acceptors (Lipinski definition) is 4. The van der Waals surface area contributed by atoms with Crippen LogP contribution in [0.1, 0.15) is 36.0 Å². The van der Waals surface area contributed by atoms with Crippen molar-refractivity contribution in [3.05, 3.63) is 28.8 Å². The van der Waals surface area contributed by atoms with E-state index in [0.29, 0.717) is 12.2 Å². The number of phenolic OH excluding ortho intramolecular Hbond substituents is 1. The Balaban J connectivity index is 2.11. The number of carbonyl (C=O) groups excluding carboxylic acids is 1. The van der Waals surface area contributed by atoms with Crippen molar-refractivity contribution in [3.8, 4) is 5.75 Å². The van der Waals surface area contributed by atoms with Gasteiger partial charge in [0, 0.05) is 0 Å². The number of benzene rings is 1. The van der Waals surface area contributed by atoms with E-state index >= 15 is 0 Å². The second-order valence-corrected chi connectivity index (χ2v) is 5.18. The number of phenols is 1. The van der Waals surface area contributed by atoms with E-state index in [4.69, 9.17) is 10.8 Å². The molecule has 1 atom stereocenters. The van der Waals surface area contributed by atoms with Gasteiger partial charge in [-0.15, -0.1) is 0 Å². The second-order valence-electron chi connectivity index (χ2n) is 5.18. The third-order valence-corrected chi connectivity index (χ3v) is 3.90. The average Bonchev–Trinajstić information content (AvgIpc) is 2.45. The van der Waals surface area contributed by atoms with Crippen LogP contribution < -0.4 is 5.73 Å². The SMILES string of the molecule is N[C@@H](CCc1ccc(O)c2c1CCCC2)C(=O)CO. The first-order valence-electron chi connectivity index (χ1n) is 6.85. The molecule has 1 aromatic carbocycles. The van der Waals surface area contributed by atoms with Crippen LogP contribution in [0, 0.1) is 0 Å². The van der Waals surface area contributed by atoms with Crippen LogP contribution in [0.4, 0.5) is 0 Å². The maximum Gasteiger partial charge on any atom is 0.174 e. The molecule has 0 heterocycles. The van der Waals surface area contributed by atoms with Crippen molar-refractivity contribution >= 4 is 5.78 Å². The molecule has 0 aliphatic heterocycles. The summed E-state index contributed by atoms with van der Waals surface area (Å²) in [5.41, 5.74) is 9.19. The monoisotopic (exact) mass is 263 g/mol. The van der Waals surface area contributed by atoms with E-state index in [1.54, 1.807) is 6.07 Å². The number of ketones is 1. The molecular weight excluding hydrogens is 242 g/mol. The van der Waals surface area contributed by atoms with Gasteiger partial charge in [-0.05, 0) is 61.3 Å². The van der Waals surface area contributed by atoms with Gasteiger partial charge in [0.2, 0.25) is 0 Å². The highest BCUT2D eigenvalue weighted by Gasteiger charge is 2.18. The molecule has 0 bridgehead atoms. The van der Waals surface area contributed by atoms with Crippen molar-refractivity contribution in [2.24, 2.45) is 5.73 Å². The Morgan fingerprint density at radius 3 is 2.63 bits per heavy atom. The minimum atomic E-state index is -0.599. The van der Waals surface area contributed by atoms with Gasteiger partial charge >= 0.3 is 0 Å². The molecule has 0 spiro atoms. The number of carbonyl (C=O) groups is 1. The van der Waals surface area contributed by atoms with Gasteiger partial charge in [0.25, 0.3) is 0 Å². The summed E-state index contributed by atoms with van der Waals surface area (Å²) >= 11 is 0. The van der Waals surface area contributed by atoms with Crippen molar-refractivity contribution in [1.82, 2.24) is 0 Å². The van der Waals surface area contributed by atoms with Crippen LogP contribution in [0.15, 0.2) is 12.1 Å². The number of aliphatic hydroxyl groups is 1. The molecule has 1 aliphatic carbocycles. The van der Waals surface area contributed by atoms with Crippen molar-refractivity contribution < 1.29 is 15.0 Å². The van der Waals surface area contributed by atoms with Crippen LogP contribution in [0.2, 0.25) is 0 Å². The van der Waals surface area contributed by atoms with E-state index in [9.17, 15) is 9.90 Å². The fourth-order valence-electron chi connectivity index (χ4n) is 2.75. The molecule has 0 radical (unpaired) electrons. The van der Waals surface area contributed by atoms with E-state index in [1.807, 2.05) is 6.07 Å². The lowest BCUT2D eigenvalue weighted by Gasteiger charge is -2.21. The van der Waals surface area contributed by atoms with Crippen LogP contribution in [0.25, 0.3) is 0 Å². The van der Waals surface area contributed by atoms with Crippen molar-refractivity contribution in [2.45, 2.75) is 44.6 Å². The number of rotatable bonds is 5. The molecule has 0 saturated carbocycles. The Labute approximate surface area is 113 Å². The number of aliphatic hydroxyl groups excluding tert-OH is 1. The van der Waals surface area contributed by atoms with Gasteiger partial charge in [0.05, 0.1) is 6.04 Å². The molecule has 0 saturated heterocycles. The molecule has 104 valence electrons. The number of nitrogens with two attached hydrogens (primary N) is 1. The number of aromatic hydroxyl groups is 1. The van der Waals surface area contributed by atoms with Crippen LogP contribution in [-0.2, 0) is 24.1 Å². The average molecular weight is 263 g/mol. The molecule has 19 heavy (non-hydrogen) atoms. The van der Waals surface area contributed by atoms with Gasteiger partial charge in [-0.1, -0.05) is 6.07 Å². The Morgan fingerprint density at radius 2 is 1.95 bits per heavy atom. The van der Waals surface area contributed by atoms with Crippen LogP contribution in [0.5, 0.6) is 5.75 Å². The third kappa shape index (κ3) is 3.14. The lowest BCUT2D eigenvalue weighted by atomic mass is 9.85. The lowest BCUT2D eigenvalue weighted by Crippen LogP contribution is -2.33. The quantitative estimate of drug-likeness (QED) is 0.742. The minimum Gasteiger partial charge on any atom is -0.508 e. The molecular formula is C15H21NO3. The summed E-state index contributed by atoms with van der Waals surface area (Å²) in [6.07, 6.45) is 5.43. The van der Waals surface area contributed by atoms with Gasteiger partial charge < -0.3 is 15.9 Å². The highest BCUT2D eigenvalue weighted by molar-refractivity contribution is 5.84. The third-order valence-electron chi connectivity index (χ3n) is 3.90. The number of aryl methyl sites for hydroxylation is 1. The maximum absolute atomic E-state index is 11.3. The molecule has 0 unspecified atom stereocenters. The Hall–Kier alpha value is -1.39. The summed E-state index contributed by atoms with van der Waals surface area (Å²) < 4.78 is 0. The molecule has 4 N–H and O–H groups in total. The number of hydrogen-bond donors (Lipinski definition) is 3. The standard InChI is InChI=1S/C15H21NO3/c16-13(15(19)9-17)7-5-10-6-8-14(18)12-4-2-1-3-11(10)12/h6,8,13,17-18H,1-5,7,9,16H2/t13-/m0/s1. The van der Waals surface area contributed by atoms with Gasteiger partial charge in [-0.25, -0.2) is 0 Å². The number of fused-ring (bicyclic) bond motifs is 1. The summed E-state index contributed by atoms with van der Waals surface area (Å²) in [6.45, 7) is -0.491. The van der Waals surface area contributed by atoms with E-state index in [2.05, 4.69) is 0 Å². The molecule has 1 aromatic rings. The Bertz CT molecular complexity index is 471. The molecule has 0 fully saturated rings. The summed E-state index contributed by atoms with van der Waals surface area (Å²) in [7, 11) is 0. The zero-order chi connectivity index (χ0) is 13.8. The number of Topliss-reactive ketones (excluding diaryl/α,β-unsaturated/α-hetero) is 1. The first-order valence-corrected chi connectivity index (χ1v) is 6.85. The predicted octanol–water partition coefficient (Wildman–Crippen LogP) is 1.09. The molecule has 1 aliphatic rings. The Kier molecular flexibility index (Phi) is 4.56. The van der Waals surface area contributed by atoms with Crippen molar-refractivity contribution in [3.63, 3.8) is 0 Å². The largest absolute Gasteiger partial charge is 0.508 e. The van der Waals surface area contributed by atoms with Gasteiger partial charge in [-0.2, -0.15) is 0 Å². The normalized spacial score (nSPS) is 15.9. The molecule has 0 amide bonds. The summed E-state index contributed by atoms with van der Waals surface area (Å²) in [5, 5.41) is 18.6. The zero-order valence-electron chi connectivity index (χ0n) is 11.1. The van der Waals surface area contributed by atoms with Crippen LogP contribution in [-0.4, -0.2) is 28.6 Å². The second kappa shape index (κ2) is 6.17. The fraction of sp³-hybridized carbons (Fsp3) is 0.533.